The first-order valence-electron chi connectivity index (χ1n) is 9.11. The summed E-state index contributed by atoms with van der Waals surface area (Å²) >= 11 is 0. The van der Waals surface area contributed by atoms with E-state index in [1.165, 1.54) is 16.7 Å². The molecule has 3 aromatic rings. The van der Waals surface area contributed by atoms with Crippen molar-refractivity contribution >= 4 is 0 Å². The van der Waals surface area contributed by atoms with Gasteiger partial charge in [-0.15, -0.1) is 0 Å². The molecule has 0 amide bonds. The van der Waals surface area contributed by atoms with Crippen molar-refractivity contribution in [3.8, 4) is 11.5 Å². The third-order valence-electron chi connectivity index (χ3n) is 4.97. The molecule has 27 heavy (non-hydrogen) atoms. The number of benzene rings is 2. The standard InChI is InChI=1S/C22H27N3O2/c1-15-7-5-6-8-17(15)11-20(23-13-19-14-24-25-16(19)2)18-9-10-21(26-3)22(12-18)27-4/h5-10,12,14,20,23H,11,13H2,1-4H3,(H,24,25). The van der Waals surface area contributed by atoms with Crippen molar-refractivity contribution < 1.29 is 9.47 Å². The van der Waals surface area contributed by atoms with E-state index in [0.717, 1.165) is 35.7 Å². The van der Waals surface area contributed by atoms with Crippen LogP contribution in [0.2, 0.25) is 0 Å². The molecule has 1 heterocycles. The molecule has 0 bridgehead atoms. The number of aromatic nitrogens is 2. The van der Waals surface area contributed by atoms with E-state index in [1.54, 1.807) is 14.2 Å². The summed E-state index contributed by atoms with van der Waals surface area (Å²) in [5.41, 5.74) is 6.05. The van der Waals surface area contributed by atoms with Crippen LogP contribution in [0.4, 0.5) is 0 Å². The number of nitrogens with zero attached hydrogens (tertiary/aromatic N) is 1. The SMILES string of the molecule is COc1ccc(C(Cc2ccccc2C)NCc2cn[nH]c2C)cc1OC. The van der Waals surface area contributed by atoms with Crippen molar-refractivity contribution in [2.75, 3.05) is 14.2 Å². The molecule has 3 rings (SSSR count). The maximum Gasteiger partial charge on any atom is 0.161 e. The third-order valence-corrected chi connectivity index (χ3v) is 4.97. The summed E-state index contributed by atoms with van der Waals surface area (Å²) in [7, 11) is 3.32. The number of ether oxygens (including phenoxy) is 2. The average Bonchev–Trinajstić information content (AvgIpc) is 3.10. The zero-order chi connectivity index (χ0) is 19.2. The van der Waals surface area contributed by atoms with Crippen LogP contribution in [0.3, 0.4) is 0 Å². The predicted molar refractivity (Wildman–Crippen MR) is 107 cm³/mol. The van der Waals surface area contributed by atoms with Gasteiger partial charge in [0.25, 0.3) is 0 Å². The molecule has 1 atom stereocenters. The number of methoxy groups -OCH3 is 2. The Bertz CT molecular complexity index is 889. The summed E-state index contributed by atoms with van der Waals surface area (Å²) in [6.07, 6.45) is 2.76. The lowest BCUT2D eigenvalue weighted by Gasteiger charge is -2.22. The molecule has 0 aliphatic rings. The van der Waals surface area contributed by atoms with Crippen LogP contribution in [0.15, 0.2) is 48.7 Å². The van der Waals surface area contributed by atoms with Crippen molar-refractivity contribution in [2.45, 2.75) is 32.9 Å². The Balaban J connectivity index is 1.89. The van der Waals surface area contributed by atoms with Gasteiger partial charge in [0.2, 0.25) is 0 Å². The number of nitrogens with one attached hydrogen (secondary N) is 2. The first-order valence-corrected chi connectivity index (χ1v) is 9.11. The monoisotopic (exact) mass is 365 g/mol. The number of H-pyrrole nitrogens is 1. The van der Waals surface area contributed by atoms with Gasteiger partial charge in [0, 0.05) is 23.8 Å². The maximum absolute atomic E-state index is 5.50. The first kappa shape index (κ1) is 19.0. The highest BCUT2D eigenvalue weighted by atomic mass is 16.5. The molecule has 0 fully saturated rings. The van der Waals surface area contributed by atoms with Crippen LogP contribution < -0.4 is 14.8 Å². The average molecular weight is 365 g/mol. The van der Waals surface area contributed by atoms with E-state index in [1.807, 2.05) is 19.2 Å². The van der Waals surface area contributed by atoms with Gasteiger partial charge in [0.1, 0.15) is 0 Å². The molecule has 5 heteroatoms. The predicted octanol–water partition coefficient (Wildman–Crippen LogP) is 4.12. The minimum atomic E-state index is 0.139. The van der Waals surface area contributed by atoms with Crippen molar-refractivity contribution in [3.63, 3.8) is 0 Å². The molecule has 0 aliphatic carbocycles. The van der Waals surface area contributed by atoms with Crippen molar-refractivity contribution in [1.29, 1.82) is 0 Å². The smallest absolute Gasteiger partial charge is 0.161 e. The fourth-order valence-corrected chi connectivity index (χ4v) is 3.22. The molecule has 142 valence electrons. The van der Waals surface area contributed by atoms with E-state index in [2.05, 4.69) is 58.8 Å². The summed E-state index contributed by atoms with van der Waals surface area (Å²) in [4.78, 5) is 0. The first-order chi connectivity index (χ1) is 13.1. The Morgan fingerprint density at radius 1 is 1.00 bits per heavy atom. The van der Waals surface area contributed by atoms with Gasteiger partial charge in [-0.05, 0) is 49.1 Å². The van der Waals surface area contributed by atoms with E-state index in [9.17, 15) is 0 Å². The van der Waals surface area contributed by atoms with Gasteiger partial charge < -0.3 is 14.8 Å². The number of hydrogen-bond acceptors (Lipinski definition) is 4. The lowest BCUT2D eigenvalue weighted by Crippen LogP contribution is -2.23. The highest BCUT2D eigenvalue weighted by Crippen LogP contribution is 2.31. The Morgan fingerprint density at radius 3 is 2.44 bits per heavy atom. The summed E-state index contributed by atoms with van der Waals surface area (Å²) in [6.45, 7) is 4.94. The summed E-state index contributed by atoms with van der Waals surface area (Å²) < 4.78 is 10.9. The molecule has 5 nitrogen and oxygen atoms in total. The van der Waals surface area contributed by atoms with Crippen molar-refractivity contribution in [2.24, 2.45) is 0 Å². The summed E-state index contributed by atoms with van der Waals surface area (Å²) in [5, 5.41) is 10.8. The number of hydrogen-bond donors (Lipinski definition) is 2. The van der Waals surface area contributed by atoms with E-state index in [4.69, 9.17) is 9.47 Å². The van der Waals surface area contributed by atoms with Gasteiger partial charge in [-0.1, -0.05) is 30.3 Å². The molecule has 1 unspecified atom stereocenters. The maximum atomic E-state index is 5.50. The number of aromatic amines is 1. The normalized spacial score (nSPS) is 12.0. The number of rotatable bonds is 8. The van der Waals surface area contributed by atoms with Gasteiger partial charge in [-0.3, -0.25) is 5.10 Å². The van der Waals surface area contributed by atoms with Gasteiger partial charge in [0.15, 0.2) is 11.5 Å². The van der Waals surface area contributed by atoms with Gasteiger partial charge in [-0.25, -0.2) is 0 Å². The van der Waals surface area contributed by atoms with E-state index in [-0.39, 0.29) is 6.04 Å². The summed E-state index contributed by atoms with van der Waals surface area (Å²) in [6, 6.07) is 14.8. The third kappa shape index (κ3) is 4.49. The molecule has 0 saturated carbocycles. The zero-order valence-electron chi connectivity index (χ0n) is 16.4. The quantitative estimate of drug-likeness (QED) is 0.630. The lowest BCUT2D eigenvalue weighted by molar-refractivity contribution is 0.353. The minimum Gasteiger partial charge on any atom is -0.493 e. The molecule has 2 aromatic carbocycles. The minimum absolute atomic E-state index is 0.139. The van der Waals surface area contributed by atoms with Gasteiger partial charge >= 0.3 is 0 Å². The fraction of sp³-hybridized carbons (Fsp3) is 0.318. The van der Waals surface area contributed by atoms with Crippen LogP contribution >= 0.6 is 0 Å². The Kier molecular flexibility index (Phi) is 6.14. The van der Waals surface area contributed by atoms with Crippen LogP contribution in [0.25, 0.3) is 0 Å². The molecule has 0 spiro atoms. The van der Waals surface area contributed by atoms with Crippen molar-refractivity contribution in [3.05, 3.63) is 76.6 Å². The van der Waals surface area contributed by atoms with Gasteiger partial charge in [-0.2, -0.15) is 5.10 Å². The van der Waals surface area contributed by atoms with E-state index in [0.29, 0.717) is 0 Å². The summed E-state index contributed by atoms with van der Waals surface area (Å²) in [5.74, 6) is 1.48. The van der Waals surface area contributed by atoms with Crippen LogP contribution in [-0.2, 0) is 13.0 Å². The Hall–Kier alpha value is -2.79. The van der Waals surface area contributed by atoms with E-state index < -0.39 is 0 Å². The van der Waals surface area contributed by atoms with Crippen LogP contribution in [0.1, 0.15) is 34.0 Å². The second-order valence-electron chi connectivity index (χ2n) is 6.70. The fourth-order valence-electron chi connectivity index (χ4n) is 3.22. The van der Waals surface area contributed by atoms with Crippen molar-refractivity contribution in [1.82, 2.24) is 15.5 Å². The largest absolute Gasteiger partial charge is 0.493 e. The molecule has 1 aromatic heterocycles. The molecule has 0 saturated heterocycles. The zero-order valence-corrected chi connectivity index (χ0v) is 16.4. The highest BCUT2D eigenvalue weighted by Gasteiger charge is 2.16. The molecule has 0 aliphatic heterocycles. The highest BCUT2D eigenvalue weighted by molar-refractivity contribution is 5.44. The van der Waals surface area contributed by atoms with E-state index >= 15 is 0 Å². The van der Waals surface area contributed by atoms with Gasteiger partial charge in [0.05, 0.1) is 20.4 Å². The Labute approximate surface area is 160 Å². The Morgan fingerprint density at radius 2 is 1.78 bits per heavy atom. The molecule has 2 N–H and O–H groups in total. The second-order valence-corrected chi connectivity index (χ2v) is 6.70. The molecule has 0 radical (unpaired) electrons. The lowest BCUT2D eigenvalue weighted by atomic mass is 9.95. The topological polar surface area (TPSA) is 59.2 Å². The van der Waals surface area contributed by atoms with Crippen LogP contribution in [0.5, 0.6) is 11.5 Å². The number of aryl methyl sites for hydroxylation is 2. The molecular formula is C22H27N3O2. The van der Waals surface area contributed by atoms with Crippen LogP contribution in [0, 0.1) is 13.8 Å². The second kappa shape index (κ2) is 8.73. The van der Waals surface area contributed by atoms with Crippen LogP contribution in [-0.4, -0.2) is 24.4 Å². The molecular weight excluding hydrogens is 338 g/mol.